The maximum atomic E-state index is 13.7. The Labute approximate surface area is 196 Å². The molecule has 33 heavy (non-hydrogen) atoms. The SMILES string of the molecule is Cc1ccsc1C=C(NC(=O)c1ccccc1)C(=O)N1CC2CC(C1)c1cccc(=O)n1C2. The molecule has 2 atom stereocenters. The molecule has 3 aromatic rings. The number of hydrogen-bond acceptors (Lipinski definition) is 4. The van der Waals surface area contributed by atoms with Gasteiger partial charge in [-0.05, 0) is 60.5 Å². The molecule has 2 aromatic heterocycles. The third kappa shape index (κ3) is 4.28. The lowest BCUT2D eigenvalue weighted by Gasteiger charge is -2.43. The number of benzene rings is 1. The van der Waals surface area contributed by atoms with Crippen LogP contribution in [0.2, 0.25) is 0 Å². The number of aromatic nitrogens is 1. The molecule has 0 saturated carbocycles. The van der Waals surface area contributed by atoms with Gasteiger partial charge in [-0.1, -0.05) is 24.3 Å². The molecule has 0 spiro atoms. The number of pyridine rings is 1. The quantitative estimate of drug-likeness (QED) is 0.606. The molecule has 1 N–H and O–H groups in total. The lowest BCUT2D eigenvalue weighted by Crippen LogP contribution is -2.50. The van der Waals surface area contributed by atoms with Crippen molar-refractivity contribution in [1.82, 2.24) is 14.8 Å². The number of carbonyl (C=O) groups excluding carboxylic acids is 2. The first-order chi connectivity index (χ1) is 16.0. The fourth-order valence-electron chi connectivity index (χ4n) is 4.83. The van der Waals surface area contributed by atoms with Crippen LogP contribution in [0.25, 0.3) is 6.08 Å². The summed E-state index contributed by atoms with van der Waals surface area (Å²) >= 11 is 1.54. The summed E-state index contributed by atoms with van der Waals surface area (Å²) in [4.78, 5) is 41.7. The normalized spacial score (nSPS) is 19.7. The van der Waals surface area contributed by atoms with E-state index < -0.39 is 0 Å². The van der Waals surface area contributed by atoms with Gasteiger partial charge in [0.25, 0.3) is 17.4 Å². The second kappa shape index (κ2) is 8.83. The minimum atomic E-state index is -0.307. The Kier molecular flexibility index (Phi) is 5.72. The number of nitrogens with one attached hydrogen (secondary N) is 1. The van der Waals surface area contributed by atoms with Gasteiger partial charge in [-0.3, -0.25) is 14.4 Å². The number of amides is 2. The maximum absolute atomic E-state index is 13.7. The average molecular weight is 460 g/mol. The van der Waals surface area contributed by atoms with Crippen LogP contribution in [0, 0.1) is 12.8 Å². The van der Waals surface area contributed by atoms with Gasteiger partial charge in [0.05, 0.1) is 0 Å². The van der Waals surface area contributed by atoms with E-state index in [2.05, 4.69) is 5.32 Å². The van der Waals surface area contributed by atoms with Crippen LogP contribution < -0.4 is 10.9 Å². The first-order valence-electron chi connectivity index (χ1n) is 11.1. The number of carbonyl (C=O) groups is 2. The number of rotatable bonds is 4. The predicted molar refractivity (Wildman–Crippen MR) is 129 cm³/mol. The number of fused-ring (bicyclic) bond motifs is 4. The molecule has 4 heterocycles. The van der Waals surface area contributed by atoms with Crippen LogP contribution in [0.4, 0.5) is 0 Å². The minimum absolute atomic E-state index is 0.0193. The van der Waals surface area contributed by atoms with Crippen molar-refractivity contribution in [2.45, 2.75) is 25.8 Å². The van der Waals surface area contributed by atoms with Crippen LogP contribution >= 0.6 is 11.3 Å². The van der Waals surface area contributed by atoms with E-state index in [0.717, 1.165) is 22.6 Å². The molecule has 1 fully saturated rings. The van der Waals surface area contributed by atoms with E-state index in [1.165, 1.54) is 11.3 Å². The van der Waals surface area contributed by atoms with Gasteiger partial charge in [0, 0.05) is 47.8 Å². The zero-order valence-corrected chi connectivity index (χ0v) is 19.2. The molecule has 2 bridgehead atoms. The zero-order chi connectivity index (χ0) is 22.9. The second-order valence-corrected chi connectivity index (χ2v) is 9.70. The number of hydrogen-bond donors (Lipinski definition) is 1. The van der Waals surface area contributed by atoms with Crippen LogP contribution in [0.3, 0.4) is 0 Å². The standard InChI is InChI=1S/C26H25N3O3S/c1-17-10-11-33-23(17)13-21(27-25(31)19-6-3-2-4-7-19)26(32)28-14-18-12-20(16-28)22-8-5-9-24(30)29(22)15-18/h2-11,13,18,20H,12,14-16H2,1H3,(H,27,31). The summed E-state index contributed by atoms with van der Waals surface area (Å²) in [7, 11) is 0. The number of thiophene rings is 1. The van der Waals surface area contributed by atoms with Crippen molar-refractivity contribution in [3.63, 3.8) is 0 Å². The molecular formula is C26H25N3O3S. The van der Waals surface area contributed by atoms with Gasteiger partial charge < -0.3 is 14.8 Å². The fourth-order valence-corrected chi connectivity index (χ4v) is 5.69. The fraction of sp³-hybridized carbons (Fsp3) is 0.269. The molecule has 1 saturated heterocycles. The van der Waals surface area contributed by atoms with Gasteiger partial charge in [0.15, 0.2) is 0 Å². The zero-order valence-electron chi connectivity index (χ0n) is 18.4. The Morgan fingerprint density at radius 3 is 2.61 bits per heavy atom. The number of nitrogens with zero attached hydrogens (tertiary/aromatic N) is 2. The van der Waals surface area contributed by atoms with E-state index in [1.807, 2.05) is 40.0 Å². The highest BCUT2D eigenvalue weighted by molar-refractivity contribution is 7.11. The van der Waals surface area contributed by atoms with Gasteiger partial charge in [-0.25, -0.2) is 0 Å². The maximum Gasteiger partial charge on any atom is 0.270 e. The lowest BCUT2D eigenvalue weighted by atomic mass is 9.83. The van der Waals surface area contributed by atoms with Crippen molar-refractivity contribution in [3.8, 4) is 0 Å². The van der Waals surface area contributed by atoms with Gasteiger partial charge in [0.1, 0.15) is 5.70 Å². The lowest BCUT2D eigenvalue weighted by molar-refractivity contribution is -0.130. The third-order valence-corrected chi connectivity index (χ3v) is 7.42. The molecule has 2 aliphatic heterocycles. The largest absolute Gasteiger partial charge is 0.336 e. The van der Waals surface area contributed by atoms with Crippen molar-refractivity contribution in [1.29, 1.82) is 0 Å². The summed E-state index contributed by atoms with van der Waals surface area (Å²) in [6.45, 7) is 3.71. The van der Waals surface area contributed by atoms with Gasteiger partial charge >= 0.3 is 0 Å². The summed E-state index contributed by atoms with van der Waals surface area (Å²) in [5.74, 6) is -0.160. The summed E-state index contributed by atoms with van der Waals surface area (Å²) in [5.41, 5.74) is 2.85. The molecule has 0 radical (unpaired) electrons. The summed E-state index contributed by atoms with van der Waals surface area (Å²) in [6.07, 6.45) is 2.75. The summed E-state index contributed by atoms with van der Waals surface area (Å²) in [6, 6.07) is 16.3. The Balaban J connectivity index is 1.44. The molecule has 5 rings (SSSR count). The Bertz CT molecular complexity index is 1290. The molecule has 2 amide bonds. The topological polar surface area (TPSA) is 71.4 Å². The highest BCUT2D eigenvalue weighted by Crippen LogP contribution is 2.35. The van der Waals surface area contributed by atoms with Crippen LogP contribution in [0.15, 0.2) is 70.5 Å². The third-order valence-electron chi connectivity index (χ3n) is 6.46. The van der Waals surface area contributed by atoms with Crippen LogP contribution in [0.5, 0.6) is 0 Å². The van der Waals surface area contributed by atoms with E-state index in [1.54, 1.807) is 42.5 Å². The van der Waals surface area contributed by atoms with Gasteiger partial charge in [0.2, 0.25) is 0 Å². The van der Waals surface area contributed by atoms with Gasteiger partial charge in [-0.2, -0.15) is 0 Å². The van der Waals surface area contributed by atoms with Gasteiger partial charge in [-0.15, -0.1) is 11.3 Å². The number of likely N-dealkylation sites (tertiary alicyclic amines) is 1. The van der Waals surface area contributed by atoms with Crippen molar-refractivity contribution < 1.29 is 9.59 Å². The first-order valence-corrected chi connectivity index (χ1v) is 12.0. The molecular weight excluding hydrogens is 434 g/mol. The van der Waals surface area contributed by atoms with Crippen LogP contribution in [0.1, 0.15) is 38.8 Å². The highest BCUT2D eigenvalue weighted by atomic mass is 32.1. The van der Waals surface area contributed by atoms with E-state index >= 15 is 0 Å². The molecule has 7 heteroatoms. The van der Waals surface area contributed by atoms with Crippen molar-refractivity contribution in [3.05, 3.63) is 97.7 Å². The van der Waals surface area contributed by atoms with Crippen LogP contribution in [-0.4, -0.2) is 34.4 Å². The molecule has 168 valence electrons. The molecule has 6 nitrogen and oxygen atoms in total. The van der Waals surface area contributed by atoms with E-state index in [-0.39, 0.29) is 34.9 Å². The summed E-state index contributed by atoms with van der Waals surface area (Å²) in [5, 5.41) is 4.85. The number of piperidine rings is 1. The van der Waals surface area contributed by atoms with Crippen molar-refractivity contribution in [2.75, 3.05) is 13.1 Å². The molecule has 0 aliphatic carbocycles. The molecule has 2 unspecified atom stereocenters. The Hall–Kier alpha value is -3.45. The summed E-state index contributed by atoms with van der Waals surface area (Å²) < 4.78 is 1.85. The van der Waals surface area contributed by atoms with E-state index in [9.17, 15) is 14.4 Å². The smallest absolute Gasteiger partial charge is 0.270 e. The van der Waals surface area contributed by atoms with E-state index in [0.29, 0.717) is 25.2 Å². The first kappa shape index (κ1) is 21.4. The average Bonchev–Trinajstić information content (AvgIpc) is 3.23. The second-order valence-electron chi connectivity index (χ2n) is 8.75. The van der Waals surface area contributed by atoms with Crippen molar-refractivity contribution in [2.24, 2.45) is 5.92 Å². The Morgan fingerprint density at radius 1 is 1.03 bits per heavy atom. The van der Waals surface area contributed by atoms with Crippen molar-refractivity contribution >= 4 is 29.2 Å². The molecule has 2 aliphatic rings. The monoisotopic (exact) mass is 459 g/mol. The van der Waals surface area contributed by atoms with E-state index in [4.69, 9.17) is 0 Å². The predicted octanol–water partition coefficient (Wildman–Crippen LogP) is 3.64. The minimum Gasteiger partial charge on any atom is -0.336 e. The van der Waals surface area contributed by atoms with Crippen LogP contribution in [-0.2, 0) is 11.3 Å². The number of aryl methyl sites for hydroxylation is 1. The Morgan fingerprint density at radius 2 is 1.85 bits per heavy atom. The molecule has 1 aromatic carbocycles. The highest BCUT2D eigenvalue weighted by Gasteiger charge is 2.37.